The van der Waals surface area contributed by atoms with Gasteiger partial charge in [0, 0.05) is 10.5 Å². The Labute approximate surface area is 128 Å². The second kappa shape index (κ2) is 6.08. The van der Waals surface area contributed by atoms with E-state index >= 15 is 0 Å². The maximum atomic E-state index is 13.5. The monoisotopic (exact) mass is 377 g/mol. The van der Waals surface area contributed by atoms with Crippen LogP contribution >= 0.6 is 15.9 Å². The third-order valence-corrected chi connectivity index (χ3v) is 4.99. The minimum absolute atomic E-state index is 0.122. The van der Waals surface area contributed by atoms with Crippen molar-refractivity contribution in [3.63, 3.8) is 0 Å². The van der Waals surface area contributed by atoms with Gasteiger partial charge in [0.05, 0.1) is 12.3 Å². The first-order chi connectivity index (χ1) is 9.83. The van der Waals surface area contributed by atoms with Crippen LogP contribution in [-0.4, -0.2) is 13.5 Å². The molecule has 0 saturated heterocycles. The summed E-state index contributed by atoms with van der Waals surface area (Å²) in [5.41, 5.74) is 0.170. The Bertz CT molecular complexity index is 781. The molecule has 112 valence electrons. The number of aliphatic hydroxyl groups is 1. The first-order valence-corrected chi connectivity index (χ1v) is 7.98. The molecule has 4 nitrogen and oxygen atoms in total. The Morgan fingerprint density at radius 3 is 2.43 bits per heavy atom. The van der Waals surface area contributed by atoms with Gasteiger partial charge >= 0.3 is 0 Å². The number of hydrogen-bond acceptors (Lipinski definition) is 3. The summed E-state index contributed by atoms with van der Waals surface area (Å²) in [5, 5.41) is 8.98. The summed E-state index contributed by atoms with van der Waals surface area (Å²) in [6.07, 6.45) is 0. The van der Waals surface area contributed by atoms with Gasteiger partial charge in [-0.2, -0.15) is 0 Å². The van der Waals surface area contributed by atoms with Crippen LogP contribution < -0.4 is 4.72 Å². The molecule has 2 N–H and O–H groups in total. The third kappa shape index (κ3) is 3.58. The highest BCUT2D eigenvalue weighted by molar-refractivity contribution is 9.10. The molecule has 0 atom stereocenters. The van der Waals surface area contributed by atoms with Crippen molar-refractivity contribution in [1.82, 2.24) is 0 Å². The van der Waals surface area contributed by atoms with E-state index in [2.05, 4.69) is 15.9 Å². The standard InChI is InChI=1S/C13H10BrF2NO3S/c14-10-5-8(7-18)1-4-13(10)21(19,20)17-12-3-2-9(15)6-11(12)16/h1-6,17-18H,7H2. The van der Waals surface area contributed by atoms with E-state index in [4.69, 9.17) is 5.11 Å². The van der Waals surface area contributed by atoms with Gasteiger partial charge < -0.3 is 5.11 Å². The first kappa shape index (κ1) is 15.9. The van der Waals surface area contributed by atoms with Crippen molar-refractivity contribution in [1.29, 1.82) is 0 Å². The zero-order chi connectivity index (χ0) is 15.6. The maximum absolute atomic E-state index is 13.5. The summed E-state index contributed by atoms with van der Waals surface area (Å²) >= 11 is 3.08. The van der Waals surface area contributed by atoms with Gasteiger partial charge in [-0.3, -0.25) is 4.72 Å². The Morgan fingerprint density at radius 1 is 1.14 bits per heavy atom. The van der Waals surface area contributed by atoms with Crippen LogP contribution in [0.2, 0.25) is 0 Å². The molecule has 2 rings (SSSR count). The van der Waals surface area contributed by atoms with Crippen molar-refractivity contribution < 1.29 is 22.3 Å². The second-order valence-corrected chi connectivity index (χ2v) is 6.66. The molecule has 0 aliphatic heterocycles. The minimum Gasteiger partial charge on any atom is -0.392 e. The minimum atomic E-state index is -4.05. The zero-order valence-corrected chi connectivity index (χ0v) is 12.9. The molecule has 2 aromatic carbocycles. The van der Waals surface area contributed by atoms with E-state index in [0.717, 1.165) is 12.1 Å². The largest absolute Gasteiger partial charge is 0.392 e. The van der Waals surface area contributed by atoms with Gasteiger partial charge in [0.25, 0.3) is 10.0 Å². The number of aliphatic hydroxyl groups excluding tert-OH is 1. The van der Waals surface area contributed by atoms with Crippen LogP contribution in [0.1, 0.15) is 5.56 Å². The lowest BCUT2D eigenvalue weighted by Gasteiger charge is -2.11. The third-order valence-electron chi connectivity index (χ3n) is 2.64. The van der Waals surface area contributed by atoms with Crippen molar-refractivity contribution in [2.45, 2.75) is 11.5 Å². The van der Waals surface area contributed by atoms with Gasteiger partial charge in [-0.05, 0) is 45.8 Å². The molecular weight excluding hydrogens is 368 g/mol. The normalized spacial score (nSPS) is 11.4. The molecule has 0 aliphatic carbocycles. The Balaban J connectivity index is 2.38. The number of rotatable bonds is 4. The number of hydrogen-bond donors (Lipinski definition) is 2. The molecule has 0 bridgehead atoms. The fourth-order valence-electron chi connectivity index (χ4n) is 1.63. The van der Waals surface area contributed by atoms with E-state index in [1.54, 1.807) is 0 Å². The molecule has 0 saturated carbocycles. The van der Waals surface area contributed by atoms with Gasteiger partial charge in [-0.1, -0.05) is 6.07 Å². The van der Waals surface area contributed by atoms with Crippen molar-refractivity contribution >= 4 is 31.6 Å². The average Bonchev–Trinajstić information content (AvgIpc) is 2.41. The van der Waals surface area contributed by atoms with Crippen LogP contribution in [0, 0.1) is 11.6 Å². The van der Waals surface area contributed by atoms with Crippen molar-refractivity contribution in [3.8, 4) is 0 Å². The molecule has 0 unspecified atom stereocenters. The van der Waals surface area contributed by atoms with Crippen LogP contribution in [0.15, 0.2) is 45.8 Å². The SMILES string of the molecule is O=S(=O)(Nc1ccc(F)cc1F)c1ccc(CO)cc1Br. The van der Waals surface area contributed by atoms with Gasteiger partial charge in [-0.15, -0.1) is 0 Å². The number of halogens is 3. The first-order valence-electron chi connectivity index (χ1n) is 5.70. The van der Waals surface area contributed by atoms with Crippen LogP contribution in [0.5, 0.6) is 0 Å². The second-order valence-electron chi connectivity index (χ2n) is 4.15. The molecule has 0 aromatic heterocycles. The molecular formula is C13H10BrF2NO3S. The zero-order valence-electron chi connectivity index (χ0n) is 10.5. The molecule has 21 heavy (non-hydrogen) atoms. The van der Waals surface area contributed by atoms with Crippen LogP contribution in [0.25, 0.3) is 0 Å². The Morgan fingerprint density at radius 2 is 1.86 bits per heavy atom. The van der Waals surface area contributed by atoms with Crippen LogP contribution in [-0.2, 0) is 16.6 Å². The summed E-state index contributed by atoms with van der Waals surface area (Å²) in [7, 11) is -4.05. The lowest BCUT2D eigenvalue weighted by atomic mass is 10.2. The maximum Gasteiger partial charge on any atom is 0.263 e. The number of anilines is 1. The summed E-state index contributed by atoms with van der Waals surface area (Å²) in [5.74, 6) is -1.81. The van der Waals surface area contributed by atoms with E-state index in [0.29, 0.717) is 11.6 Å². The summed E-state index contributed by atoms with van der Waals surface area (Å²) < 4.78 is 53.0. The molecule has 0 radical (unpaired) electrons. The average molecular weight is 378 g/mol. The molecule has 0 spiro atoms. The Hall–Kier alpha value is -1.51. The Kier molecular flexibility index (Phi) is 4.60. The highest BCUT2D eigenvalue weighted by Crippen LogP contribution is 2.26. The quantitative estimate of drug-likeness (QED) is 0.860. The van der Waals surface area contributed by atoms with Crippen molar-refractivity contribution in [3.05, 3.63) is 58.1 Å². The number of benzene rings is 2. The fourth-order valence-corrected chi connectivity index (χ4v) is 3.83. The summed E-state index contributed by atoms with van der Waals surface area (Å²) in [6.45, 7) is -0.237. The summed E-state index contributed by atoms with van der Waals surface area (Å²) in [6, 6.07) is 6.68. The lowest BCUT2D eigenvalue weighted by Crippen LogP contribution is -2.14. The lowest BCUT2D eigenvalue weighted by molar-refractivity contribution is 0.281. The van der Waals surface area contributed by atoms with Gasteiger partial charge in [0.2, 0.25) is 0 Å². The van der Waals surface area contributed by atoms with E-state index in [-0.39, 0.29) is 21.7 Å². The van der Waals surface area contributed by atoms with Crippen LogP contribution in [0.4, 0.5) is 14.5 Å². The van der Waals surface area contributed by atoms with Crippen LogP contribution in [0.3, 0.4) is 0 Å². The highest BCUT2D eigenvalue weighted by Gasteiger charge is 2.19. The molecule has 2 aromatic rings. The van der Waals surface area contributed by atoms with Gasteiger partial charge in [0.15, 0.2) is 0 Å². The number of nitrogens with one attached hydrogen (secondary N) is 1. The number of sulfonamides is 1. The smallest absolute Gasteiger partial charge is 0.263 e. The van der Waals surface area contributed by atoms with Crippen molar-refractivity contribution in [2.24, 2.45) is 0 Å². The topological polar surface area (TPSA) is 66.4 Å². The molecule has 0 fully saturated rings. The van der Waals surface area contributed by atoms with E-state index < -0.39 is 21.7 Å². The predicted octanol–water partition coefficient (Wildman–Crippen LogP) is 3.02. The van der Waals surface area contributed by atoms with Gasteiger partial charge in [-0.25, -0.2) is 17.2 Å². The van der Waals surface area contributed by atoms with E-state index in [1.165, 1.54) is 18.2 Å². The predicted molar refractivity (Wildman–Crippen MR) is 77.2 cm³/mol. The molecule has 0 amide bonds. The fraction of sp³-hybridized carbons (Fsp3) is 0.0769. The van der Waals surface area contributed by atoms with Gasteiger partial charge in [0.1, 0.15) is 16.5 Å². The van der Waals surface area contributed by atoms with E-state index in [9.17, 15) is 17.2 Å². The van der Waals surface area contributed by atoms with E-state index in [1.807, 2.05) is 4.72 Å². The van der Waals surface area contributed by atoms with Crippen molar-refractivity contribution in [2.75, 3.05) is 4.72 Å². The molecule has 0 aliphatic rings. The highest BCUT2D eigenvalue weighted by atomic mass is 79.9. The summed E-state index contributed by atoms with van der Waals surface area (Å²) in [4.78, 5) is -0.122. The molecule has 0 heterocycles. The molecule has 8 heteroatoms.